The number of aromatic nitrogens is 1. The number of rotatable bonds is 4. The maximum Gasteiger partial charge on any atom is 0.0270 e. The second-order valence-corrected chi connectivity index (χ2v) is 4.73. The summed E-state index contributed by atoms with van der Waals surface area (Å²) >= 11 is 0. The Bertz CT molecular complexity index is 506. The molecule has 1 heterocycles. The van der Waals surface area contributed by atoms with Gasteiger partial charge in [-0.25, -0.2) is 0 Å². The van der Waals surface area contributed by atoms with Gasteiger partial charge in [-0.05, 0) is 55.3 Å². The molecule has 0 radical (unpaired) electrons. The molecule has 2 rings (SSSR count). The van der Waals surface area contributed by atoms with Crippen LogP contribution in [0.5, 0.6) is 0 Å². The van der Waals surface area contributed by atoms with Crippen molar-refractivity contribution >= 4 is 0 Å². The third kappa shape index (κ3) is 2.77. The van der Waals surface area contributed by atoms with Crippen LogP contribution >= 0.6 is 0 Å². The Morgan fingerprint density at radius 3 is 2.33 bits per heavy atom. The molecule has 0 aliphatic rings. The summed E-state index contributed by atoms with van der Waals surface area (Å²) < 4.78 is 0. The number of benzene rings is 1. The van der Waals surface area contributed by atoms with Gasteiger partial charge in [0.1, 0.15) is 0 Å². The Morgan fingerprint density at radius 2 is 1.72 bits per heavy atom. The van der Waals surface area contributed by atoms with Crippen LogP contribution in [0.4, 0.5) is 0 Å². The van der Waals surface area contributed by atoms with Crippen LogP contribution in [0, 0.1) is 13.8 Å². The molecule has 18 heavy (non-hydrogen) atoms. The Morgan fingerprint density at radius 1 is 1.00 bits per heavy atom. The molecule has 94 valence electrons. The fourth-order valence-corrected chi connectivity index (χ4v) is 2.21. The molecular weight excluding hydrogens is 220 g/mol. The van der Waals surface area contributed by atoms with E-state index in [1.165, 1.54) is 22.3 Å². The standard InChI is InChI=1S/C16H20N2/c1-12-4-5-15(10-13(12)2)16(11-17-3)14-6-8-18-9-7-14/h4-10,16-17H,11H2,1-3H3. The van der Waals surface area contributed by atoms with Gasteiger partial charge in [0.2, 0.25) is 0 Å². The molecule has 2 heteroatoms. The van der Waals surface area contributed by atoms with Crippen LogP contribution in [-0.2, 0) is 0 Å². The van der Waals surface area contributed by atoms with Gasteiger partial charge in [0, 0.05) is 24.9 Å². The lowest BCUT2D eigenvalue weighted by molar-refractivity contribution is 0.706. The number of likely N-dealkylation sites (N-methyl/N-ethyl adjacent to an activating group) is 1. The summed E-state index contributed by atoms with van der Waals surface area (Å²) in [6.45, 7) is 5.26. The third-order valence-corrected chi connectivity index (χ3v) is 3.45. The van der Waals surface area contributed by atoms with Gasteiger partial charge in [0.05, 0.1) is 0 Å². The number of nitrogens with one attached hydrogen (secondary N) is 1. The molecule has 0 saturated carbocycles. The fraction of sp³-hybridized carbons (Fsp3) is 0.312. The van der Waals surface area contributed by atoms with E-state index in [0.29, 0.717) is 5.92 Å². The third-order valence-electron chi connectivity index (χ3n) is 3.45. The fourth-order valence-electron chi connectivity index (χ4n) is 2.21. The summed E-state index contributed by atoms with van der Waals surface area (Å²) in [4.78, 5) is 4.09. The summed E-state index contributed by atoms with van der Waals surface area (Å²) in [5, 5.41) is 3.28. The zero-order valence-corrected chi connectivity index (χ0v) is 11.3. The molecule has 1 N–H and O–H groups in total. The first-order valence-corrected chi connectivity index (χ1v) is 6.34. The molecule has 1 atom stereocenters. The molecule has 0 fully saturated rings. The van der Waals surface area contributed by atoms with Crippen molar-refractivity contribution in [3.8, 4) is 0 Å². The van der Waals surface area contributed by atoms with E-state index in [1.807, 2.05) is 19.4 Å². The molecule has 0 aliphatic carbocycles. The molecular formula is C16H20N2. The molecule has 0 amide bonds. The van der Waals surface area contributed by atoms with Crippen molar-refractivity contribution in [1.82, 2.24) is 10.3 Å². The lowest BCUT2D eigenvalue weighted by atomic mass is 9.90. The van der Waals surface area contributed by atoms with Gasteiger partial charge in [-0.15, -0.1) is 0 Å². The Labute approximate surface area is 109 Å². The predicted octanol–water partition coefficient (Wildman–Crippen LogP) is 3.05. The molecule has 1 unspecified atom stereocenters. The molecule has 0 saturated heterocycles. The van der Waals surface area contributed by atoms with Crippen molar-refractivity contribution in [2.24, 2.45) is 0 Å². The highest BCUT2D eigenvalue weighted by molar-refractivity contribution is 5.37. The van der Waals surface area contributed by atoms with Crippen molar-refractivity contribution in [2.75, 3.05) is 13.6 Å². The van der Waals surface area contributed by atoms with Gasteiger partial charge in [-0.3, -0.25) is 4.98 Å². The summed E-state index contributed by atoms with van der Waals surface area (Å²) in [6, 6.07) is 10.9. The van der Waals surface area contributed by atoms with Crippen LogP contribution in [0.3, 0.4) is 0 Å². The van der Waals surface area contributed by atoms with E-state index in [2.05, 4.69) is 54.5 Å². The lowest BCUT2D eigenvalue weighted by Crippen LogP contribution is -2.18. The molecule has 2 nitrogen and oxygen atoms in total. The SMILES string of the molecule is CNCC(c1ccncc1)c1ccc(C)c(C)c1. The van der Waals surface area contributed by atoms with E-state index < -0.39 is 0 Å². The zero-order valence-electron chi connectivity index (χ0n) is 11.3. The Balaban J connectivity index is 2.38. The van der Waals surface area contributed by atoms with Gasteiger partial charge < -0.3 is 5.32 Å². The van der Waals surface area contributed by atoms with E-state index in [9.17, 15) is 0 Å². The predicted molar refractivity (Wildman–Crippen MR) is 75.9 cm³/mol. The smallest absolute Gasteiger partial charge is 0.0270 e. The zero-order chi connectivity index (χ0) is 13.0. The number of hydrogen-bond donors (Lipinski definition) is 1. The molecule has 0 aliphatic heterocycles. The first-order valence-electron chi connectivity index (χ1n) is 6.34. The lowest BCUT2D eigenvalue weighted by Gasteiger charge is -2.18. The molecule has 0 bridgehead atoms. The van der Waals surface area contributed by atoms with Crippen LogP contribution in [0.25, 0.3) is 0 Å². The van der Waals surface area contributed by atoms with E-state index >= 15 is 0 Å². The van der Waals surface area contributed by atoms with Crippen LogP contribution < -0.4 is 5.32 Å². The minimum atomic E-state index is 0.386. The first kappa shape index (κ1) is 12.8. The highest BCUT2D eigenvalue weighted by Crippen LogP contribution is 2.25. The first-order chi connectivity index (χ1) is 8.72. The molecule has 1 aromatic heterocycles. The van der Waals surface area contributed by atoms with Crippen LogP contribution in [0.1, 0.15) is 28.2 Å². The highest BCUT2D eigenvalue weighted by Gasteiger charge is 2.13. The maximum atomic E-state index is 4.09. The van der Waals surface area contributed by atoms with Crippen LogP contribution in [-0.4, -0.2) is 18.6 Å². The minimum absolute atomic E-state index is 0.386. The average Bonchev–Trinajstić information content (AvgIpc) is 2.40. The normalized spacial score (nSPS) is 12.4. The van der Waals surface area contributed by atoms with Gasteiger partial charge >= 0.3 is 0 Å². The quantitative estimate of drug-likeness (QED) is 0.888. The molecule has 0 spiro atoms. The number of aryl methyl sites for hydroxylation is 2. The van der Waals surface area contributed by atoms with E-state index in [1.54, 1.807) is 0 Å². The number of pyridine rings is 1. The average molecular weight is 240 g/mol. The van der Waals surface area contributed by atoms with Crippen molar-refractivity contribution < 1.29 is 0 Å². The maximum absolute atomic E-state index is 4.09. The van der Waals surface area contributed by atoms with E-state index in [4.69, 9.17) is 0 Å². The van der Waals surface area contributed by atoms with Gasteiger partial charge in [-0.2, -0.15) is 0 Å². The number of hydrogen-bond acceptors (Lipinski definition) is 2. The van der Waals surface area contributed by atoms with Crippen molar-refractivity contribution in [3.05, 3.63) is 65.0 Å². The second-order valence-electron chi connectivity index (χ2n) is 4.73. The molecule has 2 aromatic rings. The van der Waals surface area contributed by atoms with Gasteiger partial charge in [0.15, 0.2) is 0 Å². The summed E-state index contributed by atoms with van der Waals surface area (Å²) in [7, 11) is 2.00. The Kier molecular flexibility index (Phi) is 4.11. The minimum Gasteiger partial charge on any atom is -0.319 e. The van der Waals surface area contributed by atoms with Crippen LogP contribution in [0.15, 0.2) is 42.7 Å². The van der Waals surface area contributed by atoms with Crippen LogP contribution in [0.2, 0.25) is 0 Å². The van der Waals surface area contributed by atoms with Crippen molar-refractivity contribution in [3.63, 3.8) is 0 Å². The largest absolute Gasteiger partial charge is 0.319 e. The summed E-state index contributed by atoms with van der Waals surface area (Å²) in [6.07, 6.45) is 3.72. The summed E-state index contributed by atoms with van der Waals surface area (Å²) in [5.74, 6) is 0.386. The van der Waals surface area contributed by atoms with Gasteiger partial charge in [-0.1, -0.05) is 18.2 Å². The van der Waals surface area contributed by atoms with Crippen molar-refractivity contribution in [1.29, 1.82) is 0 Å². The van der Waals surface area contributed by atoms with Crippen molar-refractivity contribution in [2.45, 2.75) is 19.8 Å². The number of nitrogens with zero attached hydrogens (tertiary/aromatic N) is 1. The van der Waals surface area contributed by atoms with Gasteiger partial charge in [0.25, 0.3) is 0 Å². The van der Waals surface area contributed by atoms with E-state index in [0.717, 1.165) is 6.54 Å². The topological polar surface area (TPSA) is 24.9 Å². The van der Waals surface area contributed by atoms with E-state index in [-0.39, 0.29) is 0 Å². The summed E-state index contributed by atoms with van der Waals surface area (Å²) in [5.41, 5.74) is 5.36. The highest BCUT2D eigenvalue weighted by atomic mass is 14.8. The Hall–Kier alpha value is -1.67. The monoisotopic (exact) mass is 240 g/mol. The molecule has 1 aromatic carbocycles. The second kappa shape index (κ2) is 5.78.